The minimum Gasteiger partial charge on any atom is -0.479 e. The van der Waals surface area contributed by atoms with Gasteiger partial charge in [0.05, 0.1) is 11.4 Å². The molecule has 0 spiro atoms. The van der Waals surface area contributed by atoms with E-state index in [2.05, 4.69) is 0 Å². The zero-order chi connectivity index (χ0) is 13.1. The highest BCUT2D eigenvalue weighted by atomic mass is 32.2. The van der Waals surface area contributed by atoms with Crippen LogP contribution in [0.3, 0.4) is 0 Å². The van der Waals surface area contributed by atoms with Crippen molar-refractivity contribution in [3.8, 4) is 0 Å². The average Bonchev–Trinajstić information content (AvgIpc) is 2.28. The van der Waals surface area contributed by atoms with Crippen molar-refractivity contribution in [3.63, 3.8) is 0 Å². The van der Waals surface area contributed by atoms with Gasteiger partial charge in [-0.1, -0.05) is 18.2 Å². The fraction of sp³-hybridized carbons (Fsp3) is 0.300. The molecule has 1 aromatic carbocycles. The number of sulfonamides is 1. The van der Waals surface area contributed by atoms with Crippen molar-refractivity contribution in [1.82, 2.24) is 4.72 Å². The molecule has 0 saturated heterocycles. The first-order valence-electron chi connectivity index (χ1n) is 4.76. The van der Waals surface area contributed by atoms with Crippen molar-refractivity contribution in [2.75, 3.05) is 6.54 Å². The van der Waals surface area contributed by atoms with E-state index in [-0.39, 0.29) is 4.90 Å². The number of carboxylic acids is 1. The molecule has 7 heteroatoms. The SMILES string of the molecule is CC(O)(CNS(=O)(=O)c1ccccc1)C(=O)O. The maximum absolute atomic E-state index is 11.7. The van der Waals surface area contributed by atoms with Crippen LogP contribution in [0.5, 0.6) is 0 Å². The topological polar surface area (TPSA) is 104 Å². The molecule has 0 fully saturated rings. The van der Waals surface area contributed by atoms with Crippen molar-refractivity contribution in [1.29, 1.82) is 0 Å². The minimum absolute atomic E-state index is 0.0150. The van der Waals surface area contributed by atoms with Gasteiger partial charge in [0.1, 0.15) is 0 Å². The summed E-state index contributed by atoms with van der Waals surface area (Å²) in [7, 11) is -3.80. The number of hydrogen-bond donors (Lipinski definition) is 3. The number of hydrogen-bond acceptors (Lipinski definition) is 4. The first kappa shape index (κ1) is 13.6. The Morgan fingerprint density at radius 2 is 1.88 bits per heavy atom. The number of rotatable bonds is 5. The third-order valence-corrected chi connectivity index (χ3v) is 3.54. The number of carbonyl (C=O) groups is 1. The van der Waals surface area contributed by atoms with E-state index in [9.17, 15) is 18.3 Å². The molecule has 0 aliphatic heterocycles. The lowest BCUT2D eigenvalue weighted by Crippen LogP contribution is -2.46. The normalized spacial score (nSPS) is 15.2. The molecular formula is C10H13NO5S. The van der Waals surface area contributed by atoms with Crippen LogP contribution in [0.2, 0.25) is 0 Å². The Morgan fingerprint density at radius 3 is 2.35 bits per heavy atom. The number of carboxylic acid groups (broad SMARTS) is 1. The Hall–Kier alpha value is -1.44. The zero-order valence-corrected chi connectivity index (χ0v) is 9.94. The van der Waals surface area contributed by atoms with Crippen LogP contribution < -0.4 is 4.72 Å². The molecule has 6 nitrogen and oxygen atoms in total. The van der Waals surface area contributed by atoms with E-state index < -0.39 is 28.1 Å². The largest absolute Gasteiger partial charge is 0.479 e. The second-order valence-electron chi connectivity index (χ2n) is 3.72. The van der Waals surface area contributed by atoms with Gasteiger partial charge in [-0.25, -0.2) is 17.9 Å². The summed E-state index contributed by atoms with van der Waals surface area (Å²) >= 11 is 0. The summed E-state index contributed by atoms with van der Waals surface area (Å²) < 4.78 is 25.4. The standard InChI is InChI=1S/C10H13NO5S/c1-10(14,9(12)13)7-11-17(15,16)8-5-3-2-4-6-8/h2-6,11,14H,7H2,1H3,(H,12,13). The quantitative estimate of drug-likeness (QED) is 0.679. The Bertz CT molecular complexity index is 495. The molecule has 17 heavy (non-hydrogen) atoms. The van der Waals surface area contributed by atoms with E-state index >= 15 is 0 Å². The molecule has 1 aromatic rings. The van der Waals surface area contributed by atoms with Crippen molar-refractivity contribution < 1.29 is 23.4 Å². The second-order valence-corrected chi connectivity index (χ2v) is 5.48. The van der Waals surface area contributed by atoms with E-state index in [4.69, 9.17) is 5.11 Å². The molecule has 3 N–H and O–H groups in total. The van der Waals surface area contributed by atoms with Gasteiger partial charge in [0, 0.05) is 0 Å². The fourth-order valence-corrected chi connectivity index (χ4v) is 2.15. The van der Waals surface area contributed by atoms with E-state index in [0.717, 1.165) is 6.92 Å². The summed E-state index contributed by atoms with van der Waals surface area (Å²) in [5.74, 6) is -1.49. The molecule has 94 valence electrons. The highest BCUT2D eigenvalue weighted by Crippen LogP contribution is 2.09. The summed E-state index contributed by atoms with van der Waals surface area (Å²) in [5.41, 5.74) is -2.14. The summed E-state index contributed by atoms with van der Waals surface area (Å²) in [5, 5.41) is 18.0. The molecule has 0 aliphatic rings. The molecule has 0 radical (unpaired) electrons. The minimum atomic E-state index is -3.80. The van der Waals surface area contributed by atoms with Crippen LogP contribution >= 0.6 is 0 Å². The average molecular weight is 259 g/mol. The fourth-order valence-electron chi connectivity index (χ4n) is 0.994. The third kappa shape index (κ3) is 3.52. The van der Waals surface area contributed by atoms with Gasteiger partial charge >= 0.3 is 5.97 Å². The summed E-state index contributed by atoms with van der Waals surface area (Å²) in [6, 6.07) is 7.50. The Kier molecular flexibility index (Phi) is 3.87. The van der Waals surface area contributed by atoms with Crippen molar-refractivity contribution in [2.24, 2.45) is 0 Å². The highest BCUT2D eigenvalue weighted by molar-refractivity contribution is 7.89. The molecule has 1 unspecified atom stereocenters. The lowest BCUT2D eigenvalue weighted by atomic mass is 10.1. The van der Waals surface area contributed by atoms with Gasteiger partial charge in [-0.3, -0.25) is 0 Å². The lowest BCUT2D eigenvalue weighted by molar-refractivity contribution is -0.155. The van der Waals surface area contributed by atoms with Crippen LogP contribution in [0, 0.1) is 0 Å². The van der Waals surface area contributed by atoms with Gasteiger partial charge in [0.25, 0.3) is 0 Å². The third-order valence-electron chi connectivity index (χ3n) is 2.12. The maximum atomic E-state index is 11.7. The Balaban J connectivity index is 2.80. The predicted molar refractivity (Wildman–Crippen MR) is 59.9 cm³/mol. The van der Waals surface area contributed by atoms with E-state index in [1.54, 1.807) is 18.2 Å². The molecule has 0 bridgehead atoms. The Labute approximate surface area is 99.0 Å². The summed E-state index contributed by atoms with van der Waals surface area (Å²) in [4.78, 5) is 10.6. The Morgan fingerprint density at radius 1 is 1.35 bits per heavy atom. The predicted octanol–water partition coefficient (Wildman–Crippen LogP) is -0.200. The second kappa shape index (κ2) is 4.82. The number of aliphatic hydroxyl groups is 1. The van der Waals surface area contributed by atoms with Gasteiger partial charge in [0.15, 0.2) is 5.60 Å². The molecular weight excluding hydrogens is 246 g/mol. The zero-order valence-electron chi connectivity index (χ0n) is 9.12. The van der Waals surface area contributed by atoms with Crippen LogP contribution in [0.4, 0.5) is 0 Å². The highest BCUT2D eigenvalue weighted by Gasteiger charge is 2.31. The van der Waals surface area contributed by atoms with E-state index in [0.29, 0.717) is 0 Å². The molecule has 1 rings (SSSR count). The molecule has 0 heterocycles. The van der Waals surface area contributed by atoms with Crippen LogP contribution in [0.25, 0.3) is 0 Å². The van der Waals surface area contributed by atoms with Crippen molar-refractivity contribution >= 4 is 16.0 Å². The maximum Gasteiger partial charge on any atom is 0.336 e. The van der Waals surface area contributed by atoms with Crippen LogP contribution in [-0.2, 0) is 14.8 Å². The molecule has 0 aliphatic carbocycles. The monoisotopic (exact) mass is 259 g/mol. The molecule has 0 amide bonds. The first-order chi connectivity index (χ1) is 7.76. The van der Waals surface area contributed by atoms with Crippen molar-refractivity contribution in [3.05, 3.63) is 30.3 Å². The summed E-state index contributed by atoms with van der Waals surface area (Å²) in [6.07, 6.45) is 0. The number of aliphatic carboxylic acids is 1. The van der Waals surface area contributed by atoms with Gasteiger partial charge < -0.3 is 10.2 Å². The first-order valence-corrected chi connectivity index (χ1v) is 6.24. The van der Waals surface area contributed by atoms with Crippen molar-refractivity contribution in [2.45, 2.75) is 17.4 Å². The van der Waals surface area contributed by atoms with Gasteiger partial charge in [-0.2, -0.15) is 0 Å². The van der Waals surface area contributed by atoms with Crippen LogP contribution in [0.1, 0.15) is 6.92 Å². The molecule has 0 aromatic heterocycles. The lowest BCUT2D eigenvalue weighted by Gasteiger charge is -2.18. The number of nitrogens with one attached hydrogen (secondary N) is 1. The van der Waals surface area contributed by atoms with E-state index in [1.165, 1.54) is 12.1 Å². The number of benzene rings is 1. The van der Waals surface area contributed by atoms with Gasteiger partial charge in [-0.15, -0.1) is 0 Å². The van der Waals surface area contributed by atoms with Gasteiger partial charge in [0.2, 0.25) is 10.0 Å². The molecule has 0 saturated carbocycles. The van der Waals surface area contributed by atoms with Crippen LogP contribution in [0.15, 0.2) is 35.2 Å². The van der Waals surface area contributed by atoms with Crippen LogP contribution in [-0.4, -0.2) is 36.7 Å². The molecule has 1 atom stereocenters. The summed E-state index contributed by atoms with van der Waals surface area (Å²) in [6.45, 7) is 0.419. The smallest absolute Gasteiger partial charge is 0.336 e. The van der Waals surface area contributed by atoms with E-state index in [1.807, 2.05) is 4.72 Å². The van der Waals surface area contributed by atoms with Gasteiger partial charge in [-0.05, 0) is 19.1 Å².